The van der Waals surface area contributed by atoms with Crippen LogP contribution in [0.1, 0.15) is 43.1 Å². The van der Waals surface area contributed by atoms with E-state index >= 15 is 0 Å². The molecule has 7 nitrogen and oxygen atoms in total. The minimum Gasteiger partial charge on any atom is -0.491 e. The zero-order valence-corrected chi connectivity index (χ0v) is 21.6. The van der Waals surface area contributed by atoms with E-state index in [0.717, 1.165) is 19.5 Å². The van der Waals surface area contributed by atoms with Crippen molar-refractivity contribution >= 4 is 17.5 Å². The molecule has 7 heteroatoms. The Hall–Kier alpha value is -2.90. The van der Waals surface area contributed by atoms with E-state index < -0.39 is 0 Å². The van der Waals surface area contributed by atoms with E-state index in [9.17, 15) is 9.59 Å². The quantitative estimate of drug-likeness (QED) is 0.673. The van der Waals surface area contributed by atoms with Crippen LogP contribution in [-0.4, -0.2) is 74.2 Å². The Bertz CT molecular complexity index is 981. The Morgan fingerprint density at radius 1 is 1.14 bits per heavy atom. The lowest BCUT2D eigenvalue weighted by molar-refractivity contribution is -0.115. The summed E-state index contributed by atoms with van der Waals surface area (Å²) in [7, 11) is 3.49. The molecule has 0 spiro atoms. The Morgan fingerprint density at radius 3 is 2.57 bits per heavy atom. The number of methoxy groups -OCH3 is 1. The predicted molar refractivity (Wildman–Crippen MR) is 139 cm³/mol. The number of benzene rings is 2. The van der Waals surface area contributed by atoms with Gasteiger partial charge in [-0.3, -0.25) is 14.5 Å². The molecule has 1 heterocycles. The topological polar surface area (TPSA) is 71.1 Å². The van der Waals surface area contributed by atoms with Gasteiger partial charge in [0.15, 0.2) is 0 Å². The molecule has 2 aromatic rings. The summed E-state index contributed by atoms with van der Waals surface area (Å²) in [6.07, 6.45) is 1.21. The molecule has 0 unspecified atom stereocenters. The van der Waals surface area contributed by atoms with E-state index in [0.29, 0.717) is 36.6 Å². The molecular formula is C28H39N3O4. The Labute approximate surface area is 209 Å². The molecule has 0 aliphatic carbocycles. The van der Waals surface area contributed by atoms with E-state index in [4.69, 9.17) is 9.47 Å². The number of amides is 2. The number of likely N-dealkylation sites (N-methyl/N-ethyl adjacent to an activating group) is 1. The lowest BCUT2D eigenvalue weighted by Crippen LogP contribution is -2.47. The fourth-order valence-corrected chi connectivity index (χ4v) is 4.41. The second-order valence-electron chi connectivity index (χ2n) is 9.44. The van der Waals surface area contributed by atoms with Crippen molar-refractivity contribution in [2.45, 2.75) is 45.8 Å². The molecule has 1 aliphatic rings. The first-order valence-electron chi connectivity index (χ1n) is 12.4. The van der Waals surface area contributed by atoms with Gasteiger partial charge in [-0.25, -0.2) is 0 Å². The lowest BCUT2D eigenvalue weighted by Gasteiger charge is -2.36. The Kier molecular flexibility index (Phi) is 9.69. The lowest BCUT2D eigenvalue weighted by atomic mass is 10.0. The molecule has 35 heavy (non-hydrogen) atoms. The molecule has 0 radical (unpaired) electrons. The predicted octanol–water partition coefficient (Wildman–Crippen LogP) is 4.08. The van der Waals surface area contributed by atoms with Crippen LogP contribution in [0.3, 0.4) is 0 Å². The summed E-state index contributed by atoms with van der Waals surface area (Å²) in [5, 5.41) is 2.84. The minimum atomic E-state index is -0.156. The van der Waals surface area contributed by atoms with Crippen LogP contribution in [0, 0.1) is 5.92 Å². The van der Waals surface area contributed by atoms with Gasteiger partial charge in [0.2, 0.25) is 5.91 Å². The highest BCUT2D eigenvalue weighted by molar-refractivity contribution is 5.99. The molecule has 0 saturated carbocycles. The van der Waals surface area contributed by atoms with Gasteiger partial charge >= 0.3 is 0 Å². The number of ether oxygens (including phenoxy) is 2. The van der Waals surface area contributed by atoms with Gasteiger partial charge in [-0.1, -0.05) is 44.2 Å². The van der Waals surface area contributed by atoms with Gasteiger partial charge in [-0.15, -0.1) is 0 Å². The van der Waals surface area contributed by atoms with E-state index in [1.165, 1.54) is 5.56 Å². The van der Waals surface area contributed by atoms with Crippen LogP contribution in [0.15, 0.2) is 48.5 Å². The number of nitrogens with zero attached hydrogens (tertiary/aromatic N) is 2. The Morgan fingerprint density at radius 2 is 1.89 bits per heavy atom. The third kappa shape index (κ3) is 7.29. The fourth-order valence-electron chi connectivity index (χ4n) is 4.41. The standard InChI is InChI=1S/C28H39N3O4/c1-6-27(32)29-23-12-13-25-24(16-23)28(33)30(4)18-26(34-5)20(2)17-31(21(3)19-35-25)15-14-22-10-8-7-9-11-22/h7-13,16,20-21,26H,6,14-15,17-19H2,1-5H3,(H,29,32)/t20-,21-,26+/m1/s1. The molecule has 0 aromatic heterocycles. The van der Waals surface area contributed by atoms with E-state index in [2.05, 4.69) is 48.3 Å². The highest BCUT2D eigenvalue weighted by Gasteiger charge is 2.28. The van der Waals surface area contributed by atoms with Crippen LogP contribution < -0.4 is 10.1 Å². The number of nitrogens with one attached hydrogen (secondary N) is 1. The summed E-state index contributed by atoms with van der Waals surface area (Å²) < 4.78 is 12.1. The van der Waals surface area contributed by atoms with Gasteiger partial charge in [0, 0.05) is 51.9 Å². The van der Waals surface area contributed by atoms with Crippen LogP contribution in [0.25, 0.3) is 0 Å². The molecule has 0 saturated heterocycles. The highest BCUT2D eigenvalue weighted by Crippen LogP contribution is 2.26. The SMILES string of the molecule is CCC(=O)Nc1ccc2c(c1)C(=O)N(C)C[C@H](OC)[C@H](C)CN(CCc1ccccc1)[C@H](C)CO2. The van der Waals surface area contributed by atoms with Gasteiger partial charge in [0.05, 0.1) is 11.7 Å². The van der Waals surface area contributed by atoms with Crippen molar-refractivity contribution < 1.29 is 19.1 Å². The maximum atomic E-state index is 13.4. The molecule has 1 N–H and O–H groups in total. The van der Waals surface area contributed by atoms with Crippen molar-refractivity contribution in [2.24, 2.45) is 5.92 Å². The minimum absolute atomic E-state index is 0.101. The molecule has 2 aromatic carbocycles. The van der Waals surface area contributed by atoms with Crippen LogP contribution in [0.5, 0.6) is 5.75 Å². The van der Waals surface area contributed by atoms with Gasteiger partial charge in [0.25, 0.3) is 5.91 Å². The number of carbonyl (C=O) groups excluding carboxylic acids is 2. The van der Waals surface area contributed by atoms with Crippen LogP contribution in [-0.2, 0) is 16.0 Å². The molecule has 2 amide bonds. The molecule has 0 fully saturated rings. The van der Waals surface area contributed by atoms with Gasteiger partial charge in [-0.2, -0.15) is 0 Å². The van der Waals surface area contributed by atoms with Crippen molar-refractivity contribution in [3.8, 4) is 5.75 Å². The van der Waals surface area contributed by atoms with Gasteiger partial charge in [-0.05, 0) is 43.0 Å². The van der Waals surface area contributed by atoms with Crippen molar-refractivity contribution in [1.29, 1.82) is 0 Å². The Balaban J connectivity index is 1.88. The third-order valence-corrected chi connectivity index (χ3v) is 6.71. The second-order valence-corrected chi connectivity index (χ2v) is 9.44. The first-order valence-corrected chi connectivity index (χ1v) is 12.4. The third-order valence-electron chi connectivity index (χ3n) is 6.71. The number of hydrogen-bond acceptors (Lipinski definition) is 5. The number of carbonyl (C=O) groups is 2. The number of hydrogen-bond donors (Lipinski definition) is 1. The smallest absolute Gasteiger partial charge is 0.257 e. The summed E-state index contributed by atoms with van der Waals surface area (Å²) in [4.78, 5) is 29.4. The molecule has 3 atom stereocenters. The average Bonchev–Trinajstić information content (AvgIpc) is 2.87. The van der Waals surface area contributed by atoms with Crippen molar-refractivity contribution in [1.82, 2.24) is 9.80 Å². The van der Waals surface area contributed by atoms with Crippen LogP contribution in [0.2, 0.25) is 0 Å². The van der Waals surface area contributed by atoms with E-state index in [1.54, 1.807) is 44.2 Å². The fraction of sp³-hybridized carbons (Fsp3) is 0.500. The summed E-state index contributed by atoms with van der Waals surface area (Å²) in [6, 6.07) is 15.9. The molecule has 3 rings (SSSR count). The van der Waals surface area contributed by atoms with Gasteiger partial charge in [0.1, 0.15) is 12.4 Å². The number of fused-ring (bicyclic) bond motifs is 1. The van der Waals surface area contributed by atoms with Crippen molar-refractivity contribution in [2.75, 3.05) is 45.7 Å². The first-order chi connectivity index (χ1) is 16.8. The maximum Gasteiger partial charge on any atom is 0.257 e. The largest absolute Gasteiger partial charge is 0.491 e. The summed E-state index contributed by atoms with van der Waals surface area (Å²) in [5.41, 5.74) is 2.33. The maximum absolute atomic E-state index is 13.4. The summed E-state index contributed by atoms with van der Waals surface area (Å²) in [5.74, 6) is 0.475. The second kappa shape index (κ2) is 12.7. The molecule has 190 valence electrons. The highest BCUT2D eigenvalue weighted by atomic mass is 16.5. The normalized spacial score (nSPS) is 21.9. The molecule has 1 aliphatic heterocycles. The van der Waals surface area contributed by atoms with Crippen molar-refractivity contribution in [3.05, 3.63) is 59.7 Å². The van der Waals surface area contributed by atoms with E-state index in [-0.39, 0.29) is 29.9 Å². The van der Waals surface area contributed by atoms with Crippen LogP contribution >= 0.6 is 0 Å². The number of anilines is 1. The van der Waals surface area contributed by atoms with Crippen molar-refractivity contribution in [3.63, 3.8) is 0 Å². The van der Waals surface area contributed by atoms with E-state index in [1.807, 2.05) is 6.07 Å². The summed E-state index contributed by atoms with van der Waals surface area (Å²) in [6.45, 7) is 8.78. The zero-order valence-electron chi connectivity index (χ0n) is 21.6. The average molecular weight is 482 g/mol. The molecule has 0 bridgehead atoms. The van der Waals surface area contributed by atoms with Gasteiger partial charge < -0.3 is 19.7 Å². The zero-order chi connectivity index (χ0) is 25.4. The number of rotatable bonds is 6. The summed E-state index contributed by atoms with van der Waals surface area (Å²) >= 11 is 0. The molecular weight excluding hydrogens is 442 g/mol. The monoisotopic (exact) mass is 481 g/mol. The van der Waals surface area contributed by atoms with Crippen LogP contribution in [0.4, 0.5) is 5.69 Å². The first kappa shape index (κ1) is 26.7.